The van der Waals surface area contributed by atoms with Gasteiger partial charge >= 0.3 is 0 Å². The Morgan fingerprint density at radius 3 is 2.50 bits per heavy atom. The Bertz CT molecular complexity index is 317. The molecule has 0 saturated carbocycles. The van der Waals surface area contributed by atoms with Crippen molar-refractivity contribution in [2.24, 2.45) is 5.84 Å². The van der Waals surface area contributed by atoms with E-state index < -0.39 is 0 Å². The van der Waals surface area contributed by atoms with Gasteiger partial charge in [0.15, 0.2) is 0 Å². The molecule has 0 spiro atoms. The summed E-state index contributed by atoms with van der Waals surface area (Å²) in [5.41, 5.74) is 2.54. The Morgan fingerprint density at radius 2 is 2.19 bits per heavy atom. The highest BCUT2D eigenvalue weighted by atomic mass is 35.5. The quantitative estimate of drug-likeness (QED) is 0.612. The van der Waals surface area contributed by atoms with Crippen LogP contribution in [0.4, 0.5) is 0 Å². The van der Waals surface area contributed by atoms with E-state index in [0.717, 1.165) is 22.7 Å². The summed E-state index contributed by atoms with van der Waals surface area (Å²) in [5, 5.41) is 2.71. The predicted octanol–water partition coefficient (Wildman–Crippen LogP) is 3.11. The van der Waals surface area contributed by atoms with Crippen molar-refractivity contribution in [2.45, 2.75) is 38.3 Å². The van der Waals surface area contributed by atoms with Crippen molar-refractivity contribution in [1.82, 2.24) is 5.43 Å². The second-order valence-corrected chi connectivity index (χ2v) is 5.06. The molecule has 0 bridgehead atoms. The number of rotatable bonds is 6. The molecule has 0 aliphatic heterocycles. The van der Waals surface area contributed by atoms with E-state index in [4.69, 9.17) is 22.2 Å². The van der Waals surface area contributed by atoms with Crippen molar-refractivity contribution in [2.75, 3.05) is 7.11 Å². The van der Waals surface area contributed by atoms with Gasteiger partial charge in [-0.15, -0.1) is 11.3 Å². The first-order valence-corrected chi connectivity index (χ1v) is 6.65. The molecule has 5 heteroatoms. The average molecular weight is 263 g/mol. The van der Waals surface area contributed by atoms with Crippen molar-refractivity contribution in [1.29, 1.82) is 0 Å². The van der Waals surface area contributed by atoms with Crippen molar-refractivity contribution in [3.8, 4) is 0 Å². The maximum atomic E-state index is 6.15. The van der Waals surface area contributed by atoms with Gasteiger partial charge in [-0.3, -0.25) is 5.84 Å². The molecule has 3 nitrogen and oxygen atoms in total. The molecule has 0 aliphatic rings. The summed E-state index contributed by atoms with van der Waals surface area (Å²) in [4.78, 5) is 1.04. The number of hydrogen-bond donors (Lipinski definition) is 2. The average Bonchev–Trinajstić information content (AvgIpc) is 2.72. The third kappa shape index (κ3) is 2.41. The van der Waals surface area contributed by atoms with Gasteiger partial charge in [0, 0.05) is 12.0 Å². The molecule has 0 fully saturated rings. The monoisotopic (exact) mass is 262 g/mol. The summed E-state index contributed by atoms with van der Waals surface area (Å²) in [6.45, 7) is 4.19. The van der Waals surface area contributed by atoms with Gasteiger partial charge < -0.3 is 4.74 Å². The predicted molar refractivity (Wildman–Crippen MR) is 69.7 cm³/mol. The fraction of sp³-hybridized carbons (Fsp3) is 0.636. The molecule has 0 aliphatic carbocycles. The fourth-order valence-corrected chi connectivity index (χ4v) is 3.37. The Labute approximate surface area is 106 Å². The van der Waals surface area contributed by atoms with Crippen LogP contribution in [0.15, 0.2) is 11.4 Å². The zero-order valence-electron chi connectivity index (χ0n) is 9.92. The normalized spacial score (nSPS) is 14.1. The maximum absolute atomic E-state index is 6.15. The van der Waals surface area contributed by atoms with Crippen molar-refractivity contribution < 1.29 is 4.74 Å². The first-order chi connectivity index (χ1) is 7.65. The molecule has 0 aromatic carbocycles. The molecule has 0 radical (unpaired) electrons. The molecule has 1 unspecified atom stereocenters. The molecule has 1 aromatic heterocycles. The van der Waals surface area contributed by atoms with E-state index in [1.54, 1.807) is 18.4 Å². The van der Waals surface area contributed by atoms with Gasteiger partial charge in [-0.05, 0) is 24.3 Å². The lowest BCUT2D eigenvalue weighted by Crippen LogP contribution is -2.47. The molecule has 0 amide bonds. The van der Waals surface area contributed by atoms with Crippen LogP contribution < -0.4 is 11.3 Å². The second-order valence-electron chi connectivity index (χ2n) is 3.71. The van der Waals surface area contributed by atoms with Crippen molar-refractivity contribution >= 4 is 22.9 Å². The van der Waals surface area contributed by atoms with Crippen LogP contribution in [0.2, 0.25) is 5.02 Å². The Balaban J connectivity index is 3.10. The van der Waals surface area contributed by atoms with Crippen molar-refractivity contribution in [3.05, 3.63) is 21.3 Å². The van der Waals surface area contributed by atoms with Crippen LogP contribution in [0.25, 0.3) is 0 Å². The molecule has 1 aromatic rings. The van der Waals surface area contributed by atoms with Gasteiger partial charge in [-0.25, -0.2) is 5.43 Å². The Hall–Kier alpha value is -0.130. The summed E-state index contributed by atoms with van der Waals surface area (Å²) in [5.74, 6) is 5.66. The van der Waals surface area contributed by atoms with Gasteiger partial charge in [0.05, 0.1) is 16.7 Å². The zero-order valence-corrected chi connectivity index (χ0v) is 11.5. The highest BCUT2D eigenvalue weighted by molar-refractivity contribution is 7.10. The topological polar surface area (TPSA) is 47.3 Å². The van der Waals surface area contributed by atoms with Crippen molar-refractivity contribution in [3.63, 3.8) is 0 Å². The van der Waals surface area contributed by atoms with E-state index in [-0.39, 0.29) is 11.6 Å². The summed E-state index contributed by atoms with van der Waals surface area (Å²) in [6.07, 6.45) is 1.76. The standard InChI is InChI=1S/C11H19ClN2OS/c1-4-11(5-2,15-3)10(14-13)9-8(12)6-7-16-9/h6-7,10,14H,4-5,13H2,1-3H3. The fourth-order valence-electron chi connectivity index (χ4n) is 2.04. The van der Waals surface area contributed by atoms with E-state index in [1.807, 2.05) is 11.4 Å². The van der Waals surface area contributed by atoms with Gasteiger partial charge in [0.1, 0.15) is 0 Å². The third-order valence-corrected chi connectivity index (χ3v) is 4.63. The third-order valence-electron chi connectivity index (χ3n) is 3.20. The molecule has 92 valence electrons. The first kappa shape index (κ1) is 13.9. The highest BCUT2D eigenvalue weighted by Gasteiger charge is 2.38. The molecule has 0 saturated heterocycles. The van der Waals surface area contributed by atoms with Crippen LogP contribution in [0.3, 0.4) is 0 Å². The van der Waals surface area contributed by atoms with E-state index in [2.05, 4.69) is 19.3 Å². The van der Waals surface area contributed by atoms with E-state index in [9.17, 15) is 0 Å². The number of hydrogen-bond acceptors (Lipinski definition) is 4. The van der Waals surface area contributed by atoms with Crippen LogP contribution in [0.1, 0.15) is 37.6 Å². The lowest BCUT2D eigenvalue weighted by Gasteiger charge is -2.37. The first-order valence-electron chi connectivity index (χ1n) is 5.39. The summed E-state index contributed by atoms with van der Waals surface area (Å²) < 4.78 is 5.67. The molecule has 3 N–H and O–H groups in total. The van der Waals surface area contributed by atoms with E-state index >= 15 is 0 Å². The Morgan fingerprint density at radius 1 is 1.56 bits per heavy atom. The second kappa shape index (κ2) is 5.98. The summed E-state index contributed by atoms with van der Waals surface area (Å²) in [7, 11) is 1.72. The minimum atomic E-state index is -0.302. The molecule has 1 heterocycles. The van der Waals surface area contributed by atoms with Crippen LogP contribution >= 0.6 is 22.9 Å². The van der Waals surface area contributed by atoms with Crippen LogP contribution in [0, 0.1) is 0 Å². The van der Waals surface area contributed by atoms with Crippen LogP contribution in [-0.4, -0.2) is 12.7 Å². The lowest BCUT2D eigenvalue weighted by atomic mass is 9.87. The highest BCUT2D eigenvalue weighted by Crippen LogP contribution is 2.39. The zero-order chi connectivity index (χ0) is 12.2. The van der Waals surface area contributed by atoms with Gasteiger partial charge in [-0.1, -0.05) is 25.4 Å². The molecular formula is C11H19ClN2OS. The van der Waals surface area contributed by atoms with Crippen LogP contribution in [0.5, 0.6) is 0 Å². The maximum Gasteiger partial charge on any atom is 0.0888 e. The molecule has 1 rings (SSSR count). The molecule has 16 heavy (non-hydrogen) atoms. The minimum absolute atomic E-state index is 0.0694. The summed E-state index contributed by atoms with van der Waals surface area (Å²) in [6, 6.07) is 1.82. The Kier molecular flexibility index (Phi) is 5.21. The molecular weight excluding hydrogens is 244 g/mol. The number of thiophene rings is 1. The minimum Gasteiger partial charge on any atom is -0.376 e. The van der Waals surface area contributed by atoms with E-state index in [1.165, 1.54) is 0 Å². The van der Waals surface area contributed by atoms with Crippen LogP contribution in [-0.2, 0) is 4.74 Å². The van der Waals surface area contributed by atoms with Gasteiger partial charge in [0.2, 0.25) is 0 Å². The number of halogens is 1. The number of hydrazine groups is 1. The number of methoxy groups -OCH3 is 1. The lowest BCUT2D eigenvalue weighted by molar-refractivity contribution is -0.0477. The number of nitrogens with one attached hydrogen (secondary N) is 1. The molecule has 1 atom stereocenters. The smallest absolute Gasteiger partial charge is 0.0888 e. The largest absolute Gasteiger partial charge is 0.376 e. The number of ether oxygens (including phenoxy) is 1. The summed E-state index contributed by atoms with van der Waals surface area (Å²) >= 11 is 7.75. The van der Waals surface area contributed by atoms with E-state index in [0.29, 0.717) is 0 Å². The number of nitrogens with two attached hydrogens (primary N) is 1. The SMILES string of the molecule is CCC(CC)(OC)C(NN)c1sccc1Cl. The van der Waals surface area contributed by atoms with Gasteiger partial charge in [-0.2, -0.15) is 0 Å². The van der Waals surface area contributed by atoms with Gasteiger partial charge in [0.25, 0.3) is 0 Å².